The standard InChI is InChI=1S/C13H13N3O4S/c1-18-13-8-10(4-7-12(13)14)16-15-9-2-5-11(6-3-9)21-20-19-17/h2-8,17H,14H2,1H3. The molecule has 110 valence electrons. The molecular formula is C13H13N3O4S. The van der Waals surface area contributed by atoms with E-state index in [9.17, 15) is 0 Å². The summed E-state index contributed by atoms with van der Waals surface area (Å²) in [5, 5.41) is 19.8. The molecular weight excluding hydrogens is 294 g/mol. The Morgan fingerprint density at radius 2 is 1.71 bits per heavy atom. The van der Waals surface area contributed by atoms with Gasteiger partial charge in [-0.15, -0.1) is 4.33 Å². The molecule has 8 heteroatoms. The van der Waals surface area contributed by atoms with Crippen LogP contribution in [0.1, 0.15) is 0 Å². The van der Waals surface area contributed by atoms with E-state index in [-0.39, 0.29) is 0 Å². The van der Waals surface area contributed by atoms with Gasteiger partial charge in [0, 0.05) is 11.0 Å². The van der Waals surface area contributed by atoms with Gasteiger partial charge in [-0.05, 0) is 36.4 Å². The van der Waals surface area contributed by atoms with Gasteiger partial charge in [0.1, 0.15) is 5.75 Å². The first-order valence-corrected chi connectivity index (χ1v) is 6.57. The lowest BCUT2D eigenvalue weighted by Gasteiger charge is -2.03. The zero-order valence-corrected chi connectivity index (χ0v) is 11.9. The van der Waals surface area contributed by atoms with Crippen LogP contribution in [0.5, 0.6) is 5.75 Å². The quantitative estimate of drug-likeness (QED) is 0.274. The van der Waals surface area contributed by atoms with Crippen LogP contribution in [0.4, 0.5) is 17.1 Å². The first kappa shape index (κ1) is 15.3. The predicted octanol–water partition coefficient (Wildman–Crippen LogP) is 4.12. The maximum Gasteiger partial charge on any atom is 0.143 e. The summed E-state index contributed by atoms with van der Waals surface area (Å²) in [5.74, 6) is 0.555. The molecule has 0 spiro atoms. The third-order valence-electron chi connectivity index (χ3n) is 2.50. The number of hydrogen-bond acceptors (Lipinski definition) is 8. The van der Waals surface area contributed by atoms with Gasteiger partial charge < -0.3 is 10.5 Å². The van der Waals surface area contributed by atoms with Gasteiger partial charge in [0.05, 0.1) is 36.2 Å². The molecule has 0 saturated heterocycles. The van der Waals surface area contributed by atoms with E-state index in [0.717, 1.165) is 16.9 Å². The van der Waals surface area contributed by atoms with Gasteiger partial charge in [-0.3, -0.25) is 0 Å². The number of methoxy groups -OCH3 is 1. The summed E-state index contributed by atoms with van der Waals surface area (Å²) < 4.78 is 9.43. The van der Waals surface area contributed by atoms with Crippen molar-refractivity contribution < 1.29 is 19.4 Å². The topological polar surface area (TPSA) is 98.7 Å². The van der Waals surface area contributed by atoms with E-state index in [1.807, 2.05) is 0 Å². The third kappa shape index (κ3) is 4.43. The summed E-state index contributed by atoms with van der Waals surface area (Å²) in [6.45, 7) is 0. The zero-order valence-electron chi connectivity index (χ0n) is 11.1. The monoisotopic (exact) mass is 307 g/mol. The van der Waals surface area contributed by atoms with E-state index in [2.05, 4.69) is 19.6 Å². The second-order valence-corrected chi connectivity index (χ2v) is 4.62. The number of nitrogen functional groups attached to an aromatic ring is 1. The molecule has 0 aliphatic rings. The van der Waals surface area contributed by atoms with Crippen molar-refractivity contribution in [3.05, 3.63) is 42.5 Å². The number of benzene rings is 2. The first-order chi connectivity index (χ1) is 10.2. The van der Waals surface area contributed by atoms with E-state index < -0.39 is 0 Å². The lowest BCUT2D eigenvalue weighted by molar-refractivity contribution is -0.432. The third-order valence-corrected chi connectivity index (χ3v) is 3.09. The number of nitrogens with two attached hydrogens (primary N) is 1. The van der Waals surface area contributed by atoms with Crippen molar-refractivity contribution in [2.45, 2.75) is 4.90 Å². The number of hydrogen-bond donors (Lipinski definition) is 2. The summed E-state index contributed by atoms with van der Waals surface area (Å²) in [6, 6.07) is 12.2. The van der Waals surface area contributed by atoms with Gasteiger partial charge in [0.2, 0.25) is 0 Å². The molecule has 7 nitrogen and oxygen atoms in total. The smallest absolute Gasteiger partial charge is 0.143 e. The summed E-state index contributed by atoms with van der Waals surface area (Å²) in [4.78, 5) is 0.747. The average Bonchev–Trinajstić information content (AvgIpc) is 2.53. The summed E-state index contributed by atoms with van der Waals surface area (Å²) >= 11 is 0.875. The van der Waals surface area contributed by atoms with Crippen LogP contribution in [0.25, 0.3) is 0 Å². The van der Waals surface area contributed by atoms with E-state index >= 15 is 0 Å². The minimum Gasteiger partial charge on any atom is -0.495 e. The fourth-order valence-electron chi connectivity index (χ4n) is 1.50. The van der Waals surface area contributed by atoms with E-state index in [4.69, 9.17) is 15.7 Å². The number of ether oxygens (including phenoxy) is 1. The predicted molar refractivity (Wildman–Crippen MR) is 78.7 cm³/mol. The summed E-state index contributed by atoms with van der Waals surface area (Å²) in [6.07, 6.45) is 0. The van der Waals surface area contributed by atoms with Gasteiger partial charge >= 0.3 is 0 Å². The van der Waals surface area contributed by atoms with Crippen molar-refractivity contribution in [3.8, 4) is 5.75 Å². The largest absolute Gasteiger partial charge is 0.495 e. The molecule has 0 aliphatic heterocycles. The van der Waals surface area contributed by atoms with Crippen LogP contribution in [0, 0.1) is 0 Å². The highest BCUT2D eigenvalue weighted by atomic mass is 32.2. The number of azo groups is 1. The molecule has 2 rings (SSSR count). The molecule has 2 aromatic carbocycles. The van der Waals surface area contributed by atoms with E-state index in [0.29, 0.717) is 22.8 Å². The fourth-order valence-corrected chi connectivity index (χ4v) is 1.86. The Morgan fingerprint density at radius 1 is 1.05 bits per heavy atom. The highest BCUT2D eigenvalue weighted by Crippen LogP contribution is 2.28. The molecule has 0 radical (unpaired) electrons. The highest BCUT2D eigenvalue weighted by molar-refractivity contribution is 7.94. The highest BCUT2D eigenvalue weighted by Gasteiger charge is 2.00. The summed E-state index contributed by atoms with van der Waals surface area (Å²) in [7, 11) is 1.54. The molecule has 3 N–H and O–H groups in total. The molecule has 2 aromatic rings. The Balaban J connectivity index is 2.06. The van der Waals surface area contributed by atoms with Crippen molar-refractivity contribution in [1.29, 1.82) is 0 Å². The minimum atomic E-state index is 0.545. The van der Waals surface area contributed by atoms with E-state index in [1.165, 1.54) is 0 Å². The SMILES string of the molecule is COc1cc(N=Nc2ccc(SOOO)cc2)ccc1N. The molecule has 0 saturated carbocycles. The molecule has 0 atom stereocenters. The van der Waals surface area contributed by atoms with Crippen LogP contribution in [0.15, 0.2) is 57.6 Å². The van der Waals surface area contributed by atoms with Gasteiger partial charge in [-0.25, -0.2) is 5.26 Å². The molecule has 0 bridgehead atoms. The van der Waals surface area contributed by atoms with Gasteiger partial charge in [-0.1, -0.05) is 5.04 Å². The molecule has 0 unspecified atom stereocenters. The molecule has 0 heterocycles. The molecule has 0 fully saturated rings. The van der Waals surface area contributed by atoms with Crippen LogP contribution >= 0.6 is 12.0 Å². The Hall–Kier alpha value is -2.13. The Morgan fingerprint density at radius 3 is 2.38 bits per heavy atom. The van der Waals surface area contributed by atoms with Gasteiger partial charge in [0.15, 0.2) is 0 Å². The zero-order chi connectivity index (χ0) is 15.1. The number of anilines is 1. The maximum absolute atomic E-state index is 8.06. The minimum absolute atomic E-state index is 0.545. The van der Waals surface area contributed by atoms with Crippen LogP contribution in [0.3, 0.4) is 0 Å². The van der Waals surface area contributed by atoms with Crippen LogP contribution in [-0.2, 0) is 9.37 Å². The molecule has 0 aliphatic carbocycles. The molecule has 0 amide bonds. The van der Waals surface area contributed by atoms with Crippen molar-refractivity contribution >= 4 is 29.1 Å². The van der Waals surface area contributed by atoms with Gasteiger partial charge in [-0.2, -0.15) is 10.2 Å². The van der Waals surface area contributed by atoms with Crippen molar-refractivity contribution in [2.75, 3.05) is 12.8 Å². The Labute approximate surface area is 125 Å². The van der Waals surface area contributed by atoms with Crippen LogP contribution in [0.2, 0.25) is 0 Å². The maximum atomic E-state index is 8.06. The van der Waals surface area contributed by atoms with Crippen LogP contribution in [-0.4, -0.2) is 12.4 Å². The second-order valence-electron chi connectivity index (χ2n) is 3.85. The first-order valence-electron chi connectivity index (χ1n) is 5.83. The van der Waals surface area contributed by atoms with Crippen molar-refractivity contribution in [2.24, 2.45) is 10.2 Å². The molecule has 0 aromatic heterocycles. The summed E-state index contributed by atoms with van der Waals surface area (Å²) in [5.41, 5.74) is 7.57. The van der Waals surface area contributed by atoms with E-state index in [1.54, 1.807) is 49.6 Å². The lowest BCUT2D eigenvalue weighted by atomic mass is 10.2. The average molecular weight is 307 g/mol. The van der Waals surface area contributed by atoms with Crippen molar-refractivity contribution in [3.63, 3.8) is 0 Å². The van der Waals surface area contributed by atoms with Gasteiger partial charge in [0.25, 0.3) is 0 Å². The van der Waals surface area contributed by atoms with Crippen molar-refractivity contribution in [1.82, 2.24) is 0 Å². The fraction of sp³-hybridized carbons (Fsp3) is 0.0769. The number of rotatable bonds is 6. The second kappa shape index (κ2) is 7.60. The molecule has 21 heavy (non-hydrogen) atoms. The van der Waals surface area contributed by atoms with Crippen LogP contribution < -0.4 is 10.5 Å². The normalized spacial score (nSPS) is 11.0. The number of nitrogens with zero attached hydrogens (tertiary/aromatic N) is 2. The Kier molecular flexibility index (Phi) is 5.52. The Bertz CT molecular complexity index is 619. The lowest BCUT2D eigenvalue weighted by Crippen LogP contribution is -1.90.